The normalized spacial score (nSPS) is 9.78. The molecule has 1 aromatic rings. The van der Waals surface area contributed by atoms with Crippen molar-refractivity contribution in [3.8, 4) is 0 Å². The van der Waals surface area contributed by atoms with E-state index in [1.54, 1.807) is 0 Å². The molecule has 5 heteroatoms. The number of nitro groups is 1. The third kappa shape index (κ3) is 0.620. The molecule has 1 rings (SSSR count). The maximum absolute atomic E-state index is 10.1. The van der Waals surface area contributed by atoms with Crippen molar-refractivity contribution in [2.75, 3.05) is 0 Å². The Balaban J connectivity index is 3.22. The second-order valence-corrected chi connectivity index (χ2v) is 1.48. The van der Waals surface area contributed by atoms with Gasteiger partial charge in [-0.15, -0.1) is 0 Å². The Labute approximate surface area is 48.4 Å². The molecule has 0 aliphatic heterocycles. The van der Waals surface area contributed by atoms with E-state index >= 15 is 0 Å². The van der Waals surface area contributed by atoms with Crippen LogP contribution in [-0.4, -0.2) is 4.92 Å². The van der Waals surface area contributed by atoms with E-state index < -0.39 is 21.5 Å². The number of nitrogens with zero attached hydrogens (tertiary/aromatic N) is 1. The summed E-state index contributed by atoms with van der Waals surface area (Å²) in [5.41, 5.74) is -2.40. The van der Waals surface area contributed by atoms with Crippen LogP contribution in [-0.2, 0) is 0 Å². The van der Waals surface area contributed by atoms with Gasteiger partial charge in [-0.2, -0.15) is 0 Å². The van der Waals surface area contributed by atoms with Gasteiger partial charge in [-0.25, -0.2) is 0 Å². The van der Waals surface area contributed by atoms with Crippen LogP contribution in [0, 0.1) is 10.1 Å². The van der Waals surface area contributed by atoms with Gasteiger partial charge in [0, 0.05) is 0 Å². The molecule has 0 aromatic heterocycles. The van der Waals surface area contributed by atoms with Crippen LogP contribution in [0.4, 0.5) is 5.69 Å². The van der Waals surface area contributed by atoms with Gasteiger partial charge in [-0.1, -0.05) is 0 Å². The molecule has 46 valence electrons. The first-order valence-corrected chi connectivity index (χ1v) is 2.07. The van der Waals surface area contributed by atoms with Crippen molar-refractivity contribution >= 4 is 5.69 Å². The molecule has 0 radical (unpaired) electrons. The molecular weight excluding hydrogens is 126 g/mol. The predicted molar refractivity (Wildman–Crippen MR) is 28.0 cm³/mol. The Morgan fingerprint density at radius 3 is 2.11 bits per heavy atom. The lowest BCUT2D eigenvalue weighted by Crippen LogP contribution is -2.31. The average Bonchev–Trinajstić information content (AvgIpc) is 1.81. The Morgan fingerprint density at radius 1 is 1.44 bits per heavy atom. The molecular formula is C4HNO4. The molecule has 5 nitrogen and oxygen atoms in total. The van der Waals surface area contributed by atoms with Crippen LogP contribution in [0.2, 0.25) is 0 Å². The van der Waals surface area contributed by atoms with Gasteiger partial charge in [-0.05, 0) is 0 Å². The topological polar surface area (TPSA) is 77.3 Å². The molecule has 0 amide bonds. The smallest absolute Gasteiger partial charge is 0.285 e. The summed E-state index contributed by atoms with van der Waals surface area (Å²) in [7, 11) is 0. The first kappa shape index (κ1) is 5.61. The van der Waals surface area contributed by atoms with Gasteiger partial charge < -0.3 is 0 Å². The highest BCUT2D eigenvalue weighted by molar-refractivity contribution is 5.33. The van der Waals surface area contributed by atoms with Crippen molar-refractivity contribution in [2.24, 2.45) is 0 Å². The molecule has 0 bridgehead atoms. The fourth-order valence-electron chi connectivity index (χ4n) is 0.439. The fraction of sp³-hybridized carbons (Fsp3) is 0. The molecule has 0 aliphatic carbocycles. The van der Waals surface area contributed by atoms with E-state index in [9.17, 15) is 19.7 Å². The van der Waals surface area contributed by atoms with Crippen LogP contribution in [0.25, 0.3) is 0 Å². The zero-order chi connectivity index (χ0) is 7.02. The lowest BCUT2D eigenvalue weighted by Gasteiger charge is -1.86. The fourth-order valence-corrected chi connectivity index (χ4v) is 0.439. The molecule has 0 spiro atoms. The van der Waals surface area contributed by atoms with E-state index in [-0.39, 0.29) is 0 Å². The maximum atomic E-state index is 10.1. The second kappa shape index (κ2) is 1.48. The van der Waals surface area contributed by atoms with E-state index in [1.165, 1.54) is 0 Å². The van der Waals surface area contributed by atoms with Crippen LogP contribution in [0.5, 0.6) is 0 Å². The van der Waals surface area contributed by atoms with Crippen LogP contribution in [0.3, 0.4) is 0 Å². The Hall–Kier alpha value is -1.52. The highest BCUT2D eigenvalue weighted by Gasteiger charge is 2.19. The minimum Gasteiger partial charge on any atom is -0.285 e. The Bertz CT molecular complexity index is 319. The maximum Gasteiger partial charge on any atom is 0.324 e. The molecule has 0 aliphatic rings. The van der Waals surface area contributed by atoms with Gasteiger partial charge in [0.05, 0.1) is 11.0 Å². The summed E-state index contributed by atoms with van der Waals surface area (Å²) >= 11 is 0. The van der Waals surface area contributed by atoms with Crippen LogP contribution < -0.4 is 10.9 Å². The van der Waals surface area contributed by atoms with Gasteiger partial charge in [0.2, 0.25) is 5.43 Å². The van der Waals surface area contributed by atoms with E-state index in [2.05, 4.69) is 0 Å². The van der Waals surface area contributed by atoms with E-state index in [4.69, 9.17) is 0 Å². The van der Waals surface area contributed by atoms with Crippen LogP contribution >= 0.6 is 0 Å². The van der Waals surface area contributed by atoms with Crippen LogP contribution in [0.1, 0.15) is 0 Å². The summed E-state index contributed by atoms with van der Waals surface area (Å²) < 4.78 is 0. The summed E-state index contributed by atoms with van der Waals surface area (Å²) in [4.78, 5) is 29.0. The van der Waals surface area contributed by atoms with Gasteiger partial charge in [0.1, 0.15) is 0 Å². The predicted octanol–water partition coefficient (Wildman–Crippen LogP) is -0.809. The summed E-state index contributed by atoms with van der Waals surface area (Å²) in [5.74, 6) is 0. The zero-order valence-corrected chi connectivity index (χ0v) is 4.16. The van der Waals surface area contributed by atoms with E-state index in [1.807, 2.05) is 0 Å². The van der Waals surface area contributed by atoms with Crippen LogP contribution in [0.15, 0.2) is 15.7 Å². The lowest BCUT2D eigenvalue weighted by molar-refractivity contribution is -0.387. The molecule has 0 atom stereocenters. The SMILES string of the molecule is O=c1cc([N+](=O)[O-])c1=O. The molecule has 0 heterocycles. The van der Waals surface area contributed by atoms with Crippen molar-refractivity contribution in [1.29, 1.82) is 0 Å². The highest BCUT2D eigenvalue weighted by Crippen LogP contribution is 1.97. The minimum atomic E-state index is -1.000. The van der Waals surface area contributed by atoms with Crippen molar-refractivity contribution in [3.63, 3.8) is 0 Å². The second-order valence-electron chi connectivity index (χ2n) is 1.48. The summed E-state index contributed by atoms with van der Waals surface area (Å²) in [6.45, 7) is 0. The van der Waals surface area contributed by atoms with Gasteiger partial charge >= 0.3 is 11.1 Å². The van der Waals surface area contributed by atoms with Crippen molar-refractivity contribution in [1.82, 2.24) is 0 Å². The van der Waals surface area contributed by atoms with Crippen molar-refractivity contribution in [2.45, 2.75) is 0 Å². The standard InChI is InChI=1S/C4HNO4/c6-3-1-2(4(3)7)5(8)9/h1H. The Kier molecular flexibility index (Phi) is 0.921. The summed E-state index contributed by atoms with van der Waals surface area (Å²) in [6.07, 6.45) is 0. The van der Waals surface area contributed by atoms with Crippen molar-refractivity contribution in [3.05, 3.63) is 36.6 Å². The third-order valence-electron chi connectivity index (χ3n) is 0.921. The highest BCUT2D eigenvalue weighted by atomic mass is 16.6. The molecule has 0 saturated heterocycles. The van der Waals surface area contributed by atoms with Crippen molar-refractivity contribution < 1.29 is 4.92 Å². The first-order valence-electron chi connectivity index (χ1n) is 2.07. The van der Waals surface area contributed by atoms with E-state index in [0.29, 0.717) is 6.07 Å². The monoisotopic (exact) mass is 127 g/mol. The van der Waals surface area contributed by atoms with Gasteiger partial charge in [0.15, 0.2) is 0 Å². The average molecular weight is 127 g/mol. The first-order chi connectivity index (χ1) is 4.13. The zero-order valence-electron chi connectivity index (χ0n) is 4.16. The van der Waals surface area contributed by atoms with Gasteiger partial charge in [-0.3, -0.25) is 19.7 Å². The minimum absolute atomic E-state index is 0.611. The summed E-state index contributed by atoms with van der Waals surface area (Å²) in [5, 5.41) is 9.70. The molecule has 0 unspecified atom stereocenters. The Morgan fingerprint density at radius 2 is 2.00 bits per heavy atom. The number of rotatable bonds is 1. The summed E-state index contributed by atoms with van der Waals surface area (Å²) in [6, 6.07) is 0.711. The molecule has 0 N–H and O–H groups in total. The number of hydrogen-bond acceptors (Lipinski definition) is 4. The molecule has 9 heavy (non-hydrogen) atoms. The molecule has 1 aromatic carbocycles. The lowest BCUT2D eigenvalue weighted by atomic mass is 10.3. The largest absolute Gasteiger partial charge is 0.324 e. The number of hydrogen-bond donors (Lipinski definition) is 0. The molecule has 0 saturated carbocycles. The quantitative estimate of drug-likeness (QED) is 0.281. The molecule has 0 fully saturated rings. The third-order valence-corrected chi connectivity index (χ3v) is 0.921. The van der Waals surface area contributed by atoms with Gasteiger partial charge in [0.25, 0.3) is 0 Å². The van der Waals surface area contributed by atoms with E-state index in [0.717, 1.165) is 0 Å².